The van der Waals surface area contributed by atoms with Gasteiger partial charge in [0.15, 0.2) is 0 Å². The number of aromatic nitrogens is 1. The fourth-order valence-corrected chi connectivity index (χ4v) is 1.54. The van der Waals surface area contributed by atoms with Crippen LogP contribution in [0.25, 0.3) is 0 Å². The van der Waals surface area contributed by atoms with Crippen LogP contribution in [0.3, 0.4) is 0 Å². The Morgan fingerprint density at radius 1 is 1.29 bits per heavy atom. The molecule has 1 aromatic rings. The predicted octanol–water partition coefficient (Wildman–Crippen LogP) is 2.60. The van der Waals surface area contributed by atoms with Crippen molar-refractivity contribution in [3.63, 3.8) is 0 Å². The molecule has 0 saturated carbocycles. The number of hydrogen-bond donors (Lipinski definition) is 0. The van der Waals surface area contributed by atoms with Crippen LogP contribution in [-0.4, -0.2) is 4.57 Å². The summed E-state index contributed by atoms with van der Waals surface area (Å²) in [4.78, 5) is 11.5. The standard InChI is InChI=1S/C12H19NO/c1-3-5-6-7-11-8-9-13(4-2)12(14)10-11/h8-10H,3-7H2,1-2H3. The SMILES string of the molecule is CCCCCc1ccn(CC)c(=O)c1. The number of nitrogens with zero attached hydrogens (tertiary/aromatic N) is 1. The molecule has 2 heteroatoms. The molecule has 0 aromatic carbocycles. The van der Waals surface area contributed by atoms with E-state index in [9.17, 15) is 4.79 Å². The number of aryl methyl sites for hydroxylation is 2. The molecule has 78 valence electrons. The summed E-state index contributed by atoms with van der Waals surface area (Å²) >= 11 is 0. The van der Waals surface area contributed by atoms with Gasteiger partial charge in [0.1, 0.15) is 0 Å². The second kappa shape index (κ2) is 5.63. The summed E-state index contributed by atoms with van der Waals surface area (Å²) in [6.07, 6.45) is 6.59. The van der Waals surface area contributed by atoms with Crippen LogP contribution in [0.15, 0.2) is 23.1 Å². The molecule has 0 radical (unpaired) electrons. The van der Waals surface area contributed by atoms with Gasteiger partial charge in [0, 0.05) is 18.8 Å². The number of pyridine rings is 1. The van der Waals surface area contributed by atoms with Crippen LogP contribution >= 0.6 is 0 Å². The Morgan fingerprint density at radius 3 is 2.64 bits per heavy atom. The van der Waals surface area contributed by atoms with Crippen molar-refractivity contribution in [3.05, 3.63) is 34.2 Å². The molecule has 0 N–H and O–H groups in total. The molecular formula is C12H19NO. The summed E-state index contributed by atoms with van der Waals surface area (Å²) in [5, 5.41) is 0. The Kier molecular flexibility index (Phi) is 4.44. The summed E-state index contributed by atoms with van der Waals surface area (Å²) in [7, 11) is 0. The van der Waals surface area contributed by atoms with Crippen LogP contribution < -0.4 is 5.56 Å². The van der Waals surface area contributed by atoms with Gasteiger partial charge in [-0.05, 0) is 31.4 Å². The molecule has 0 fully saturated rings. The summed E-state index contributed by atoms with van der Waals surface area (Å²) in [6.45, 7) is 4.93. The predicted molar refractivity (Wildman–Crippen MR) is 59.6 cm³/mol. The summed E-state index contributed by atoms with van der Waals surface area (Å²) in [5.41, 5.74) is 1.30. The van der Waals surface area contributed by atoms with Gasteiger partial charge < -0.3 is 4.57 Å². The highest BCUT2D eigenvalue weighted by Crippen LogP contribution is 2.03. The van der Waals surface area contributed by atoms with E-state index < -0.39 is 0 Å². The Labute approximate surface area is 85.6 Å². The Hall–Kier alpha value is -1.05. The van der Waals surface area contributed by atoms with E-state index in [1.165, 1.54) is 24.8 Å². The molecule has 0 spiro atoms. The molecule has 1 aromatic heterocycles. The molecule has 1 rings (SSSR count). The molecule has 0 aliphatic carbocycles. The van der Waals surface area contributed by atoms with Crippen LogP contribution in [0.4, 0.5) is 0 Å². The topological polar surface area (TPSA) is 22.0 Å². The van der Waals surface area contributed by atoms with Gasteiger partial charge in [-0.25, -0.2) is 0 Å². The second-order valence-corrected chi connectivity index (χ2v) is 3.62. The lowest BCUT2D eigenvalue weighted by atomic mass is 10.1. The number of unbranched alkanes of at least 4 members (excludes halogenated alkanes) is 2. The van der Waals surface area contributed by atoms with Crippen molar-refractivity contribution >= 4 is 0 Å². The zero-order valence-electron chi connectivity index (χ0n) is 9.12. The van der Waals surface area contributed by atoms with Crippen LogP contribution in [0.1, 0.15) is 38.7 Å². The van der Waals surface area contributed by atoms with Gasteiger partial charge >= 0.3 is 0 Å². The summed E-state index contributed by atoms with van der Waals surface area (Å²) in [5.74, 6) is 0. The highest BCUT2D eigenvalue weighted by atomic mass is 16.1. The van der Waals surface area contributed by atoms with Gasteiger partial charge in [-0.15, -0.1) is 0 Å². The molecule has 0 aliphatic rings. The first-order chi connectivity index (χ1) is 6.77. The van der Waals surface area contributed by atoms with E-state index in [-0.39, 0.29) is 5.56 Å². The van der Waals surface area contributed by atoms with E-state index in [0.717, 1.165) is 13.0 Å². The Morgan fingerprint density at radius 2 is 2.07 bits per heavy atom. The van der Waals surface area contributed by atoms with Gasteiger partial charge in [-0.1, -0.05) is 19.8 Å². The minimum atomic E-state index is 0.126. The third-order valence-corrected chi connectivity index (χ3v) is 2.47. The highest BCUT2D eigenvalue weighted by Gasteiger charge is 1.96. The lowest BCUT2D eigenvalue weighted by Gasteiger charge is -2.03. The molecule has 1 heterocycles. The first-order valence-electron chi connectivity index (χ1n) is 5.47. The van der Waals surface area contributed by atoms with Crippen LogP contribution in [0, 0.1) is 0 Å². The highest BCUT2D eigenvalue weighted by molar-refractivity contribution is 5.10. The lowest BCUT2D eigenvalue weighted by molar-refractivity contribution is 0.699. The minimum absolute atomic E-state index is 0.126. The average Bonchev–Trinajstić information content (AvgIpc) is 2.18. The molecule has 0 amide bonds. The van der Waals surface area contributed by atoms with Crippen molar-refractivity contribution in [2.24, 2.45) is 0 Å². The largest absolute Gasteiger partial charge is 0.316 e. The molecule has 0 bridgehead atoms. The molecule has 0 unspecified atom stereocenters. The van der Waals surface area contributed by atoms with Crippen LogP contribution in [0.5, 0.6) is 0 Å². The van der Waals surface area contributed by atoms with Crippen LogP contribution in [0.2, 0.25) is 0 Å². The summed E-state index contributed by atoms with van der Waals surface area (Å²) < 4.78 is 1.73. The van der Waals surface area contributed by atoms with Crippen molar-refractivity contribution < 1.29 is 0 Å². The average molecular weight is 193 g/mol. The van der Waals surface area contributed by atoms with Gasteiger partial charge in [-0.2, -0.15) is 0 Å². The summed E-state index contributed by atoms with van der Waals surface area (Å²) in [6, 6.07) is 3.82. The van der Waals surface area contributed by atoms with Gasteiger partial charge in [0.25, 0.3) is 5.56 Å². The van der Waals surface area contributed by atoms with Crippen molar-refractivity contribution in [2.45, 2.75) is 46.1 Å². The zero-order valence-corrected chi connectivity index (χ0v) is 9.12. The third-order valence-electron chi connectivity index (χ3n) is 2.47. The number of rotatable bonds is 5. The molecule has 0 saturated heterocycles. The zero-order chi connectivity index (χ0) is 10.4. The van der Waals surface area contributed by atoms with Gasteiger partial charge in [0.2, 0.25) is 0 Å². The van der Waals surface area contributed by atoms with Crippen LogP contribution in [-0.2, 0) is 13.0 Å². The van der Waals surface area contributed by atoms with E-state index in [1.54, 1.807) is 10.6 Å². The fraction of sp³-hybridized carbons (Fsp3) is 0.583. The van der Waals surface area contributed by atoms with Crippen molar-refractivity contribution in [3.8, 4) is 0 Å². The molecule has 0 aliphatic heterocycles. The molecule has 2 nitrogen and oxygen atoms in total. The lowest BCUT2D eigenvalue weighted by Crippen LogP contribution is -2.17. The molecule has 0 atom stereocenters. The first kappa shape index (κ1) is 11.0. The molecular weight excluding hydrogens is 174 g/mol. The maximum atomic E-state index is 11.5. The maximum absolute atomic E-state index is 11.5. The maximum Gasteiger partial charge on any atom is 0.250 e. The second-order valence-electron chi connectivity index (χ2n) is 3.62. The van der Waals surface area contributed by atoms with E-state index in [4.69, 9.17) is 0 Å². The first-order valence-corrected chi connectivity index (χ1v) is 5.47. The van der Waals surface area contributed by atoms with Crippen molar-refractivity contribution in [1.29, 1.82) is 0 Å². The number of hydrogen-bond acceptors (Lipinski definition) is 1. The fourth-order valence-electron chi connectivity index (χ4n) is 1.54. The monoisotopic (exact) mass is 193 g/mol. The third kappa shape index (κ3) is 3.02. The van der Waals surface area contributed by atoms with E-state index in [1.807, 2.05) is 13.1 Å². The minimum Gasteiger partial charge on any atom is -0.316 e. The Balaban J connectivity index is 2.62. The normalized spacial score (nSPS) is 10.4. The Bertz CT molecular complexity index is 327. The van der Waals surface area contributed by atoms with Gasteiger partial charge in [0.05, 0.1) is 0 Å². The molecule has 14 heavy (non-hydrogen) atoms. The van der Waals surface area contributed by atoms with E-state index >= 15 is 0 Å². The van der Waals surface area contributed by atoms with Gasteiger partial charge in [-0.3, -0.25) is 4.79 Å². The smallest absolute Gasteiger partial charge is 0.250 e. The quantitative estimate of drug-likeness (QED) is 0.659. The van der Waals surface area contributed by atoms with Crippen molar-refractivity contribution in [2.75, 3.05) is 0 Å². The van der Waals surface area contributed by atoms with E-state index in [2.05, 4.69) is 13.0 Å². The van der Waals surface area contributed by atoms with Crippen molar-refractivity contribution in [1.82, 2.24) is 4.57 Å². The van der Waals surface area contributed by atoms with E-state index in [0.29, 0.717) is 0 Å².